The van der Waals surface area contributed by atoms with Crippen molar-refractivity contribution >= 4 is 17.3 Å². The molecule has 16 heavy (non-hydrogen) atoms. The van der Waals surface area contributed by atoms with Gasteiger partial charge < -0.3 is 5.73 Å². The van der Waals surface area contributed by atoms with E-state index in [1.807, 2.05) is 13.8 Å². The highest BCUT2D eigenvalue weighted by molar-refractivity contribution is 6.33. The van der Waals surface area contributed by atoms with Crippen molar-refractivity contribution in [2.24, 2.45) is 0 Å². The van der Waals surface area contributed by atoms with E-state index in [0.29, 0.717) is 22.1 Å². The van der Waals surface area contributed by atoms with Crippen LogP contribution in [0, 0.1) is 0 Å². The van der Waals surface area contributed by atoms with Crippen molar-refractivity contribution in [2.75, 3.05) is 5.73 Å². The zero-order chi connectivity index (χ0) is 11.7. The maximum absolute atomic E-state index is 6.11. The number of nitrogens with zero attached hydrogens (tertiary/aromatic N) is 4. The van der Waals surface area contributed by atoms with Crippen molar-refractivity contribution in [3.8, 4) is 11.4 Å². The fraction of sp³-hybridized carbons (Fsp3) is 0.300. The number of anilines is 1. The van der Waals surface area contributed by atoms with E-state index in [9.17, 15) is 0 Å². The Kier molecular flexibility index (Phi) is 2.78. The lowest BCUT2D eigenvalue weighted by atomic mass is 10.1. The Morgan fingerprint density at radius 3 is 2.75 bits per heavy atom. The molecule has 0 aliphatic heterocycles. The first-order chi connectivity index (χ1) is 7.61. The Morgan fingerprint density at radius 1 is 1.38 bits per heavy atom. The first-order valence-electron chi connectivity index (χ1n) is 4.93. The van der Waals surface area contributed by atoms with E-state index in [1.54, 1.807) is 22.9 Å². The largest absolute Gasteiger partial charge is 0.398 e. The Bertz CT molecular complexity index is 485. The van der Waals surface area contributed by atoms with Crippen molar-refractivity contribution in [3.05, 3.63) is 23.2 Å². The molecule has 1 aromatic carbocycles. The van der Waals surface area contributed by atoms with Gasteiger partial charge in [-0.1, -0.05) is 17.7 Å². The van der Waals surface area contributed by atoms with Gasteiger partial charge in [0.25, 0.3) is 0 Å². The minimum atomic E-state index is 0.153. The SMILES string of the molecule is CC(C)n1nnnc1-c1c(N)cccc1Cl. The quantitative estimate of drug-likeness (QED) is 0.813. The summed E-state index contributed by atoms with van der Waals surface area (Å²) in [6.45, 7) is 3.99. The van der Waals surface area contributed by atoms with Crippen LogP contribution in [0.5, 0.6) is 0 Å². The van der Waals surface area contributed by atoms with E-state index in [1.165, 1.54) is 0 Å². The van der Waals surface area contributed by atoms with E-state index in [4.69, 9.17) is 17.3 Å². The summed E-state index contributed by atoms with van der Waals surface area (Å²) in [7, 11) is 0. The fourth-order valence-electron chi connectivity index (χ4n) is 1.48. The summed E-state index contributed by atoms with van der Waals surface area (Å²) >= 11 is 6.11. The first kappa shape index (κ1) is 10.9. The number of halogens is 1. The fourth-order valence-corrected chi connectivity index (χ4v) is 1.75. The van der Waals surface area contributed by atoms with Crippen molar-refractivity contribution in [1.29, 1.82) is 0 Å². The highest BCUT2D eigenvalue weighted by Gasteiger charge is 2.16. The molecular weight excluding hydrogens is 226 g/mol. The van der Waals surface area contributed by atoms with Crippen molar-refractivity contribution in [2.45, 2.75) is 19.9 Å². The van der Waals surface area contributed by atoms with Gasteiger partial charge in [0.05, 0.1) is 16.6 Å². The second kappa shape index (κ2) is 4.09. The van der Waals surface area contributed by atoms with E-state index in [2.05, 4.69) is 15.5 Å². The van der Waals surface area contributed by atoms with Gasteiger partial charge in [0.15, 0.2) is 5.82 Å². The third kappa shape index (κ3) is 1.74. The third-order valence-electron chi connectivity index (χ3n) is 2.25. The number of benzene rings is 1. The standard InChI is InChI=1S/C10H12ClN5/c1-6(2)16-10(13-14-15-16)9-7(11)4-3-5-8(9)12/h3-6H,12H2,1-2H3. The number of hydrogen-bond acceptors (Lipinski definition) is 4. The van der Waals surface area contributed by atoms with Crippen LogP contribution in [0.3, 0.4) is 0 Å². The molecule has 2 rings (SSSR count). The molecule has 0 aliphatic rings. The predicted molar refractivity (Wildman–Crippen MR) is 63.1 cm³/mol. The molecule has 2 N–H and O–H groups in total. The molecule has 0 amide bonds. The third-order valence-corrected chi connectivity index (χ3v) is 2.57. The van der Waals surface area contributed by atoms with Gasteiger partial charge in [-0.25, -0.2) is 4.68 Å². The predicted octanol–water partition coefficient (Wildman–Crippen LogP) is 2.16. The Hall–Kier alpha value is -1.62. The van der Waals surface area contributed by atoms with Gasteiger partial charge in [-0.05, 0) is 36.4 Å². The monoisotopic (exact) mass is 237 g/mol. The normalized spacial score (nSPS) is 11.0. The molecule has 0 bridgehead atoms. The number of rotatable bonds is 2. The lowest BCUT2D eigenvalue weighted by molar-refractivity contribution is 0.519. The Labute approximate surface area is 98.2 Å². The molecule has 0 radical (unpaired) electrons. The van der Waals surface area contributed by atoms with Crippen LogP contribution < -0.4 is 5.73 Å². The molecule has 6 heteroatoms. The van der Waals surface area contributed by atoms with Crippen molar-refractivity contribution in [3.63, 3.8) is 0 Å². The average Bonchev–Trinajstić information content (AvgIpc) is 2.66. The zero-order valence-corrected chi connectivity index (χ0v) is 9.81. The van der Waals surface area contributed by atoms with Crippen LogP contribution in [0.15, 0.2) is 18.2 Å². The summed E-state index contributed by atoms with van der Waals surface area (Å²) in [5.41, 5.74) is 7.14. The molecule has 0 saturated carbocycles. The van der Waals surface area contributed by atoms with Crippen LogP contribution in [0.4, 0.5) is 5.69 Å². The maximum Gasteiger partial charge on any atom is 0.185 e. The second-order valence-electron chi connectivity index (χ2n) is 3.74. The summed E-state index contributed by atoms with van der Waals surface area (Å²) in [6.07, 6.45) is 0. The Balaban J connectivity index is 2.63. The summed E-state index contributed by atoms with van der Waals surface area (Å²) in [5, 5.41) is 12.1. The van der Waals surface area contributed by atoms with E-state index >= 15 is 0 Å². The van der Waals surface area contributed by atoms with Crippen LogP contribution in [0.25, 0.3) is 11.4 Å². The second-order valence-corrected chi connectivity index (χ2v) is 4.15. The summed E-state index contributed by atoms with van der Waals surface area (Å²) in [6, 6.07) is 5.50. The maximum atomic E-state index is 6.11. The smallest absolute Gasteiger partial charge is 0.185 e. The van der Waals surface area contributed by atoms with Crippen LogP contribution >= 0.6 is 11.6 Å². The van der Waals surface area contributed by atoms with Gasteiger partial charge in [0, 0.05) is 5.69 Å². The molecule has 0 unspecified atom stereocenters. The van der Waals surface area contributed by atoms with Crippen LogP contribution in [-0.4, -0.2) is 20.2 Å². The van der Waals surface area contributed by atoms with Crippen LogP contribution in [0.2, 0.25) is 5.02 Å². The molecule has 0 saturated heterocycles. The molecule has 0 fully saturated rings. The first-order valence-corrected chi connectivity index (χ1v) is 5.31. The van der Waals surface area contributed by atoms with Crippen molar-refractivity contribution in [1.82, 2.24) is 20.2 Å². The zero-order valence-electron chi connectivity index (χ0n) is 9.05. The van der Waals surface area contributed by atoms with E-state index < -0.39 is 0 Å². The molecule has 0 atom stereocenters. The van der Waals surface area contributed by atoms with Gasteiger partial charge in [0.1, 0.15) is 0 Å². The lowest BCUT2D eigenvalue weighted by Crippen LogP contribution is -2.06. The topological polar surface area (TPSA) is 69.6 Å². The van der Waals surface area contributed by atoms with Gasteiger partial charge in [-0.3, -0.25) is 0 Å². The minimum absolute atomic E-state index is 0.153. The average molecular weight is 238 g/mol. The molecule has 2 aromatic rings. The van der Waals surface area contributed by atoms with Gasteiger partial charge in [-0.15, -0.1) is 5.10 Å². The van der Waals surface area contributed by atoms with Gasteiger partial charge >= 0.3 is 0 Å². The lowest BCUT2D eigenvalue weighted by Gasteiger charge is -2.10. The highest BCUT2D eigenvalue weighted by atomic mass is 35.5. The van der Waals surface area contributed by atoms with Crippen molar-refractivity contribution < 1.29 is 0 Å². The molecule has 84 valence electrons. The highest BCUT2D eigenvalue weighted by Crippen LogP contribution is 2.32. The van der Waals surface area contributed by atoms with E-state index in [-0.39, 0.29) is 6.04 Å². The molecule has 1 heterocycles. The van der Waals surface area contributed by atoms with Crippen LogP contribution in [-0.2, 0) is 0 Å². The number of tetrazole rings is 1. The van der Waals surface area contributed by atoms with Gasteiger partial charge in [0.2, 0.25) is 0 Å². The molecular formula is C10H12ClN5. The molecule has 1 aromatic heterocycles. The molecule has 5 nitrogen and oxygen atoms in total. The number of nitrogens with two attached hydrogens (primary N) is 1. The molecule has 0 aliphatic carbocycles. The Morgan fingerprint density at radius 2 is 2.12 bits per heavy atom. The van der Waals surface area contributed by atoms with Crippen LogP contribution in [0.1, 0.15) is 19.9 Å². The number of nitrogen functional groups attached to an aromatic ring is 1. The summed E-state index contributed by atoms with van der Waals surface area (Å²) in [4.78, 5) is 0. The summed E-state index contributed by atoms with van der Waals surface area (Å²) < 4.78 is 1.69. The summed E-state index contributed by atoms with van der Waals surface area (Å²) in [5.74, 6) is 0.595. The minimum Gasteiger partial charge on any atom is -0.398 e. The number of hydrogen-bond donors (Lipinski definition) is 1. The molecule has 0 spiro atoms. The van der Waals surface area contributed by atoms with Gasteiger partial charge in [-0.2, -0.15) is 0 Å². The number of aromatic nitrogens is 4. The van der Waals surface area contributed by atoms with E-state index in [0.717, 1.165) is 0 Å².